The fourth-order valence-corrected chi connectivity index (χ4v) is 2.03. The maximum absolute atomic E-state index is 11.8. The van der Waals surface area contributed by atoms with Crippen molar-refractivity contribution in [1.29, 1.82) is 5.26 Å². The first-order valence-electron chi connectivity index (χ1n) is 5.47. The number of hydrogen-bond acceptors (Lipinski definition) is 5. The molecule has 0 aliphatic rings. The molecule has 0 aromatic carbocycles. The van der Waals surface area contributed by atoms with Crippen LogP contribution in [0.3, 0.4) is 0 Å². The standard InChI is InChI=1S/C11H16N4OS/c1-3-8(4-5-12)14-10(16)9-6-17-11(15-9)7(2)13/h6-8H,3-4,13H2,1-2H3,(H,14,16). The van der Waals surface area contributed by atoms with Crippen LogP contribution in [0, 0.1) is 11.3 Å². The van der Waals surface area contributed by atoms with Gasteiger partial charge in [0.05, 0.1) is 18.5 Å². The smallest absolute Gasteiger partial charge is 0.271 e. The molecule has 1 aromatic rings. The second-order valence-corrected chi connectivity index (χ2v) is 4.69. The number of thiazole rings is 1. The van der Waals surface area contributed by atoms with E-state index >= 15 is 0 Å². The van der Waals surface area contributed by atoms with E-state index in [0.717, 1.165) is 11.4 Å². The summed E-state index contributed by atoms with van der Waals surface area (Å²) >= 11 is 1.37. The number of nitrogens with one attached hydrogen (secondary N) is 1. The highest BCUT2D eigenvalue weighted by molar-refractivity contribution is 7.09. The summed E-state index contributed by atoms with van der Waals surface area (Å²) in [5.41, 5.74) is 6.05. The zero-order valence-electron chi connectivity index (χ0n) is 9.93. The van der Waals surface area contributed by atoms with Gasteiger partial charge in [-0.2, -0.15) is 5.26 Å². The van der Waals surface area contributed by atoms with Gasteiger partial charge < -0.3 is 11.1 Å². The molecule has 1 aromatic heterocycles. The highest BCUT2D eigenvalue weighted by Gasteiger charge is 2.15. The van der Waals surface area contributed by atoms with E-state index in [1.54, 1.807) is 5.38 Å². The molecule has 0 bridgehead atoms. The Labute approximate surface area is 105 Å². The minimum Gasteiger partial charge on any atom is -0.347 e. The molecular weight excluding hydrogens is 236 g/mol. The van der Waals surface area contributed by atoms with Gasteiger partial charge in [0, 0.05) is 11.4 Å². The number of amides is 1. The van der Waals surface area contributed by atoms with E-state index < -0.39 is 0 Å². The number of carbonyl (C=O) groups excluding carboxylic acids is 1. The van der Waals surface area contributed by atoms with Gasteiger partial charge in [-0.1, -0.05) is 6.92 Å². The molecule has 2 unspecified atom stereocenters. The van der Waals surface area contributed by atoms with Gasteiger partial charge in [0.2, 0.25) is 0 Å². The summed E-state index contributed by atoms with van der Waals surface area (Å²) in [6, 6.07) is 1.76. The van der Waals surface area contributed by atoms with Crippen LogP contribution >= 0.6 is 11.3 Å². The topological polar surface area (TPSA) is 91.8 Å². The molecule has 0 aliphatic heterocycles. The van der Waals surface area contributed by atoms with Gasteiger partial charge in [-0.05, 0) is 13.3 Å². The number of rotatable bonds is 5. The minimum atomic E-state index is -0.241. The fourth-order valence-electron chi connectivity index (χ4n) is 1.27. The highest BCUT2D eigenvalue weighted by atomic mass is 32.1. The predicted molar refractivity (Wildman–Crippen MR) is 66.5 cm³/mol. The van der Waals surface area contributed by atoms with E-state index in [1.807, 2.05) is 19.9 Å². The van der Waals surface area contributed by atoms with E-state index in [9.17, 15) is 4.79 Å². The van der Waals surface area contributed by atoms with Crippen LogP contribution in [0.1, 0.15) is 48.2 Å². The van der Waals surface area contributed by atoms with Crippen molar-refractivity contribution < 1.29 is 4.79 Å². The van der Waals surface area contributed by atoms with E-state index in [0.29, 0.717) is 12.1 Å². The van der Waals surface area contributed by atoms with Crippen LogP contribution in [0.25, 0.3) is 0 Å². The van der Waals surface area contributed by atoms with Crippen molar-refractivity contribution in [1.82, 2.24) is 10.3 Å². The average Bonchev–Trinajstić information content (AvgIpc) is 2.77. The number of carbonyl (C=O) groups is 1. The average molecular weight is 252 g/mol. The molecule has 3 N–H and O–H groups in total. The molecule has 0 spiro atoms. The van der Waals surface area contributed by atoms with Gasteiger partial charge in [0.1, 0.15) is 10.7 Å². The molecule has 1 amide bonds. The fraction of sp³-hybridized carbons (Fsp3) is 0.545. The molecule has 6 heteroatoms. The third-order valence-corrected chi connectivity index (χ3v) is 3.36. The summed E-state index contributed by atoms with van der Waals surface area (Å²) in [6.45, 7) is 3.75. The Morgan fingerprint density at radius 3 is 2.94 bits per heavy atom. The molecule has 0 fully saturated rings. The second kappa shape index (κ2) is 6.33. The van der Waals surface area contributed by atoms with Gasteiger partial charge in [0.15, 0.2) is 0 Å². The molecule has 92 valence electrons. The lowest BCUT2D eigenvalue weighted by Gasteiger charge is -2.12. The Kier molecular flexibility index (Phi) is 5.07. The predicted octanol–water partition coefficient (Wildman–Crippen LogP) is 1.58. The van der Waals surface area contributed by atoms with Crippen LogP contribution in [0.2, 0.25) is 0 Å². The number of hydrogen-bond donors (Lipinski definition) is 2. The molecule has 2 atom stereocenters. The summed E-state index contributed by atoms with van der Waals surface area (Å²) in [4.78, 5) is 16.0. The maximum atomic E-state index is 11.8. The number of aromatic nitrogens is 1. The molecule has 1 heterocycles. The lowest BCUT2D eigenvalue weighted by Crippen LogP contribution is -2.34. The Bertz CT molecular complexity index is 421. The lowest BCUT2D eigenvalue weighted by molar-refractivity contribution is 0.0932. The van der Waals surface area contributed by atoms with Crippen molar-refractivity contribution in [2.45, 2.75) is 38.8 Å². The van der Waals surface area contributed by atoms with Gasteiger partial charge in [-0.25, -0.2) is 4.98 Å². The summed E-state index contributed by atoms with van der Waals surface area (Å²) in [5, 5.41) is 13.8. The van der Waals surface area contributed by atoms with E-state index in [1.165, 1.54) is 11.3 Å². The lowest BCUT2D eigenvalue weighted by atomic mass is 10.1. The van der Waals surface area contributed by atoms with Crippen LogP contribution in [0.5, 0.6) is 0 Å². The molecule has 0 aliphatic carbocycles. The minimum absolute atomic E-state index is 0.118. The summed E-state index contributed by atoms with van der Waals surface area (Å²) in [5.74, 6) is -0.241. The van der Waals surface area contributed by atoms with Gasteiger partial charge in [-0.3, -0.25) is 4.79 Å². The Morgan fingerprint density at radius 2 is 2.47 bits per heavy atom. The van der Waals surface area contributed by atoms with E-state index in [2.05, 4.69) is 10.3 Å². The van der Waals surface area contributed by atoms with Crippen molar-refractivity contribution >= 4 is 17.2 Å². The molecule has 17 heavy (non-hydrogen) atoms. The normalized spacial score (nSPS) is 13.8. The number of nitrogens with two attached hydrogens (primary N) is 1. The Hall–Kier alpha value is -1.45. The zero-order valence-corrected chi connectivity index (χ0v) is 10.8. The zero-order chi connectivity index (χ0) is 12.8. The van der Waals surface area contributed by atoms with Crippen LogP contribution in [0.4, 0.5) is 0 Å². The van der Waals surface area contributed by atoms with E-state index in [4.69, 9.17) is 11.0 Å². The van der Waals surface area contributed by atoms with Gasteiger partial charge >= 0.3 is 0 Å². The molecular formula is C11H16N4OS. The maximum Gasteiger partial charge on any atom is 0.271 e. The highest BCUT2D eigenvalue weighted by Crippen LogP contribution is 2.15. The van der Waals surface area contributed by atoms with Crippen LogP contribution < -0.4 is 11.1 Å². The van der Waals surface area contributed by atoms with Crippen molar-refractivity contribution in [2.75, 3.05) is 0 Å². The molecule has 5 nitrogen and oxygen atoms in total. The first-order valence-corrected chi connectivity index (χ1v) is 6.35. The van der Waals surface area contributed by atoms with Gasteiger partial charge in [-0.15, -0.1) is 11.3 Å². The largest absolute Gasteiger partial charge is 0.347 e. The number of nitriles is 1. The SMILES string of the molecule is CCC(CC#N)NC(=O)c1csc(C(C)N)n1. The second-order valence-electron chi connectivity index (χ2n) is 3.80. The van der Waals surface area contributed by atoms with Crippen LogP contribution in [-0.4, -0.2) is 16.9 Å². The third kappa shape index (κ3) is 3.80. The third-order valence-electron chi connectivity index (χ3n) is 2.31. The molecule has 0 saturated heterocycles. The van der Waals surface area contributed by atoms with Crippen LogP contribution in [0.15, 0.2) is 5.38 Å². The van der Waals surface area contributed by atoms with Crippen molar-refractivity contribution in [3.63, 3.8) is 0 Å². The quantitative estimate of drug-likeness (QED) is 0.832. The molecule has 0 radical (unpaired) electrons. The summed E-state index contributed by atoms with van der Waals surface area (Å²) in [6.07, 6.45) is 1.04. The van der Waals surface area contributed by atoms with Crippen molar-refractivity contribution in [3.8, 4) is 6.07 Å². The Balaban J connectivity index is 2.66. The monoisotopic (exact) mass is 252 g/mol. The molecule has 1 rings (SSSR count). The molecule has 0 saturated carbocycles. The Morgan fingerprint density at radius 1 is 1.76 bits per heavy atom. The van der Waals surface area contributed by atoms with Crippen LogP contribution in [-0.2, 0) is 0 Å². The van der Waals surface area contributed by atoms with E-state index in [-0.39, 0.29) is 18.0 Å². The number of nitrogens with zero attached hydrogens (tertiary/aromatic N) is 2. The summed E-state index contributed by atoms with van der Waals surface area (Å²) < 4.78 is 0. The first kappa shape index (κ1) is 13.6. The van der Waals surface area contributed by atoms with Gasteiger partial charge in [0.25, 0.3) is 5.91 Å². The first-order chi connectivity index (χ1) is 8.08. The van der Waals surface area contributed by atoms with Crippen molar-refractivity contribution in [3.05, 3.63) is 16.1 Å². The van der Waals surface area contributed by atoms with Crippen molar-refractivity contribution in [2.24, 2.45) is 5.73 Å². The summed E-state index contributed by atoms with van der Waals surface area (Å²) in [7, 11) is 0.